The summed E-state index contributed by atoms with van der Waals surface area (Å²) >= 11 is 0. The lowest BCUT2D eigenvalue weighted by Crippen LogP contribution is -2.60. The van der Waals surface area contributed by atoms with Crippen molar-refractivity contribution in [2.75, 3.05) is 6.54 Å². The standard InChI is InChI=1S/C19H25N5O/c1-14-12-23(18(25)19(20)10-5-11-19)13-17-22-21-16(24(14)17)9-8-15-6-3-2-4-7-15/h2-4,6-7,14H,5,8-13,20H2,1H3/t14-/m0/s1. The topological polar surface area (TPSA) is 77.0 Å². The highest BCUT2D eigenvalue weighted by molar-refractivity contribution is 5.87. The number of amides is 1. The van der Waals surface area contributed by atoms with Crippen molar-refractivity contribution in [1.82, 2.24) is 19.7 Å². The number of nitrogens with two attached hydrogens (primary N) is 1. The summed E-state index contributed by atoms with van der Waals surface area (Å²) in [4.78, 5) is 14.6. The molecule has 0 unspecified atom stereocenters. The molecule has 1 saturated carbocycles. The Morgan fingerprint density at radius 1 is 1.24 bits per heavy atom. The summed E-state index contributed by atoms with van der Waals surface area (Å²) in [7, 11) is 0. The fourth-order valence-electron chi connectivity index (χ4n) is 3.93. The van der Waals surface area contributed by atoms with Crippen LogP contribution in [-0.4, -0.2) is 37.7 Å². The molecule has 0 spiro atoms. The van der Waals surface area contributed by atoms with Gasteiger partial charge in [0.15, 0.2) is 5.82 Å². The second kappa shape index (κ2) is 6.26. The zero-order chi connectivity index (χ0) is 17.4. The molecule has 1 aliphatic carbocycles. The van der Waals surface area contributed by atoms with Gasteiger partial charge in [-0.15, -0.1) is 10.2 Å². The number of aryl methyl sites for hydroxylation is 2. The third-order valence-corrected chi connectivity index (χ3v) is 5.53. The molecular weight excluding hydrogens is 314 g/mol. The van der Waals surface area contributed by atoms with Crippen LogP contribution in [0.5, 0.6) is 0 Å². The van der Waals surface area contributed by atoms with E-state index in [2.05, 4.69) is 46.0 Å². The van der Waals surface area contributed by atoms with Crippen LogP contribution in [0.15, 0.2) is 30.3 Å². The van der Waals surface area contributed by atoms with Gasteiger partial charge in [0.05, 0.1) is 18.1 Å². The molecule has 1 fully saturated rings. The Labute approximate surface area is 148 Å². The van der Waals surface area contributed by atoms with Gasteiger partial charge in [-0.2, -0.15) is 0 Å². The molecule has 1 aromatic carbocycles. The summed E-state index contributed by atoms with van der Waals surface area (Å²) in [5.74, 6) is 1.95. The Morgan fingerprint density at radius 2 is 2.00 bits per heavy atom. The van der Waals surface area contributed by atoms with Gasteiger partial charge in [0, 0.05) is 13.0 Å². The Kier molecular flexibility index (Phi) is 4.07. The van der Waals surface area contributed by atoms with Crippen molar-refractivity contribution >= 4 is 5.91 Å². The third-order valence-electron chi connectivity index (χ3n) is 5.53. The van der Waals surface area contributed by atoms with E-state index < -0.39 is 5.54 Å². The van der Waals surface area contributed by atoms with Crippen LogP contribution in [0.3, 0.4) is 0 Å². The number of rotatable bonds is 4. The molecule has 1 atom stereocenters. The molecule has 1 amide bonds. The normalized spacial score (nSPS) is 21.5. The van der Waals surface area contributed by atoms with Crippen LogP contribution in [-0.2, 0) is 24.2 Å². The van der Waals surface area contributed by atoms with Crippen LogP contribution in [0, 0.1) is 0 Å². The maximum absolute atomic E-state index is 12.7. The van der Waals surface area contributed by atoms with Crippen molar-refractivity contribution in [3.05, 3.63) is 47.5 Å². The van der Waals surface area contributed by atoms with Gasteiger partial charge in [-0.1, -0.05) is 30.3 Å². The lowest BCUT2D eigenvalue weighted by Gasteiger charge is -2.42. The summed E-state index contributed by atoms with van der Waals surface area (Å²) in [5, 5.41) is 8.75. The summed E-state index contributed by atoms with van der Waals surface area (Å²) in [6.45, 7) is 3.32. The largest absolute Gasteiger partial charge is 0.331 e. The second-order valence-corrected chi connectivity index (χ2v) is 7.43. The highest BCUT2D eigenvalue weighted by Gasteiger charge is 2.44. The minimum Gasteiger partial charge on any atom is -0.331 e. The zero-order valence-corrected chi connectivity index (χ0v) is 14.7. The van der Waals surface area contributed by atoms with Gasteiger partial charge in [-0.05, 0) is 38.2 Å². The molecule has 25 heavy (non-hydrogen) atoms. The first-order valence-corrected chi connectivity index (χ1v) is 9.12. The Balaban J connectivity index is 1.48. The fraction of sp³-hybridized carbons (Fsp3) is 0.526. The van der Waals surface area contributed by atoms with Crippen molar-refractivity contribution in [3.8, 4) is 0 Å². The van der Waals surface area contributed by atoms with Gasteiger partial charge < -0.3 is 15.2 Å². The van der Waals surface area contributed by atoms with E-state index in [0.29, 0.717) is 13.1 Å². The van der Waals surface area contributed by atoms with Gasteiger partial charge in [0.25, 0.3) is 0 Å². The molecule has 2 aromatic rings. The maximum atomic E-state index is 12.7. The van der Waals surface area contributed by atoms with Crippen LogP contribution in [0.4, 0.5) is 0 Å². The lowest BCUT2D eigenvalue weighted by molar-refractivity contribution is -0.142. The first-order chi connectivity index (χ1) is 12.1. The first kappa shape index (κ1) is 16.3. The van der Waals surface area contributed by atoms with Crippen LogP contribution in [0.2, 0.25) is 0 Å². The quantitative estimate of drug-likeness (QED) is 0.922. The van der Waals surface area contributed by atoms with E-state index in [9.17, 15) is 4.79 Å². The van der Waals surface area contributed by atoms with Gasteiger partial charge in [0.2, 0.25) is 5.91 Å². The molecule has 6 heteroatoms. The Bertz CT molecular complexity index is 765. The minimum absolute atomic E-state index is 0.0747. The monoisotopic (exact) mass is 339 g/mol. The van der Waals surface area contributed by atoms with Crippen molar-refractivity contribution < 1.29 is 4.79 Å². The van der Waals surface area contributed by atoms with E-state index in [0.717, 1.165) is 43.8 Å². The number of hydrogen-bond donors (Lipinski definition) is 1. The number of carbonyl (C=O) groups is 1. The van der Waals surface area contributed by atoms with Gasteiger partial charge >= 0.3 is 0 Å². The molecule has 132 valence electrons. The summed E-state index contributed by atoms with van der Waals surface area (Å²) < 4.78 is 2.21. The molecule has 2 N–H and O–H groups in total. The number of nitrogens with zero attached hydrogens (tertiary/aromatic N) is 4. The molecule has 6 nitrogen and oxygen atoms in total. The average Bonchev–Trinajstić information content (AvgIpc) is 3.01. The van der Waals surface area contributed by atoms with Gasteiger partial charge in [0.1, 0.15) is 5.82 Å². The smallest absolute Gasteiger partial charge is 0.243 e. The van der Waals surface area contributed by atoms with Crippen molar-refractivity contribution in [2.24, 2.45) is 5.73 Å². The molecule has 4 rings (SSSR count). The van der Waals surface area contributed by atoms with E-state index in [1.807, 2.05) is 11.0 Å². The summed E-state index contributed by atoms with van der Waals surface area (Å²) in [5.41, 5.74) is 6.89. The van der Waals surface area contributed by atoms with E-state index in [1.165, 1.54) is 5.56 Å². The van der Waals surface area contributed by atoms with Crippen LogP contribution in [0.25, 0.3) is 0 Å². The number of fused-ring (bicyclic) bond motifs is 1. The fourth-order valence-corrected chi connectivity index (χ4v) is 3.93. The number of hydrogen-bond acceptors (Lipinski definition) is 4. The SMILES string of the molecule is C[C@H]1CN(C(=O)C2(N)CCC2)Cc2nnc(CCc3ccccc3)n21. The Morgan fingerprint density at radius 3 is 2.68 bits per heavy atom. The molecule has 1 aliphatic heterocycles. The minimum atomic E-state index is -0.641. The van der Waals surface area contributed by atoms with E-state index in [1.54, 1.807) is 0 Å². The first-order valence-electron chi connectivity index (χ1n) is 9.12. The van der Waals surface area contributed by atoms with E-state index in [4.69, 9.17) is 5.73 Å². The van der Waals surface area contributed by atoms with Crippen LogP contribution in [0.1, 0.15) is 49.4 Å². The number of benzene rings is 1. The number of aromatic nitrogens is 3. The lowest BCUT2D eigenvalue weighted by atomic mass is 9.76. The molecule has 2 heterocycles. The highest BCUT2D eigenvalue weighted by atomic mass is 16.2. The van der Waals surface area contributed by atoms with Crippen molar-refractivity contribution in [2.45, 2.75) is 57.2 Å². The maximum Gasteiger partial charge on any atom is 0.243 e. The molecule has 2 aliphatic rings. The zero-order valence-electron chi connectivity index (χ0n) is 14.7. The summed E-state index contributed by atoms with van der Waals surface area (Å²) in [6, 6.07) is 10.6. The predicted octanol–water partition coefficient (Wildman–Crippen LogP) is 1.85. The second-order valence-electron chi connectivity index (χ2n) is 7.43. The summed E-state index contributed by atoms with van der Waals surface area (Å²) in [6.07, 6.45) is 4.44. The molecule has 0 saturated heterocycles. The molecule has 0 bridgehead atoms. The highest BCUT2D eigenvalue weighted by Crippen LogP contribution is 2.33. The third kappa shape index (κ3) is 2.95. The molecular formula is C19H25N5O. The van der Waals surface area contributed by atoms with E-state index >= 15 is 0 Å². The van der Waals surface area contributed by atoms with Crippen LogP contribution >= 0.6 is 0 Å². The molecule has 1 aromatic heterocycles. The number of carbonyl (C=O) groups excluding carboxylic acids is 1. The van der Waals surface area contributed by atoms with Gasteiger partial charge in [-0.25, -0.2) is 0 Å². The van der Waals surface area contributed by atoms with E-state index in [-0.39, 0.29) is 11.9 Å². The Hall–Kier alpha value is -2.21. The average molecular weight is 339 g/mol. The van der Waals surface area contributed by atoms with Crippen molar-refractivity contribution in [1.29, 1.82) is 0 Å². The molecule has 0 radical (unpaired) electrons. The van der Waals surface area contributed by atoms with Crippen LogP contribution < -0.4 is 5.73 Å². The predicted molar refractivity (Wildman–Crippen MR) is 94.8 cm³/mol. The van der Waals surface area contributed by atoms with Gasteiger partial charge in [-0.3, -0.25) is 4.79 Å². The van der Waals surface area contributed by atoms with Crippen molar-refractivity contribution in [3.63, 3.8) is 0 Å².